The van der Waals surface area contributed by atoms with E-state index < -0.39 is 29.7 Å². The molecule has 0 aliphatic carbocycles. The van der Waals surface area contributed by atoms with Crippen molar-refractivity contribution in [1.82, 2.24) is 10.2 Å². The van der Waals surface area contributed by atoms with Gasteiger partial charge in [-0.05, 0) is 31.0 Å². The number of hydrogen-bond donors (Lipinski definition) is 3. The summed E-state index contributed by atoms with van der Waals surface area (Å²) in [7, 11) is 0. The molecule has 4 amide bonds. The molecule has 2 atom stereocenters. The summed E-state index contributed by atoms with van der Waals surface area (Å²) in [6.07, 6.45) is 1.38. The number of anilines is 1. The molecule has 2 unspecified atom stereocenters. The van der Waals surface area contributed by atoms with Crippen molar-refractivity contribution in [3.8, 4) is 0 Å². The normalized spacial score (nSPS) is 21.9. The molecule has 2 aliphatic rings. The maximum atomic E-state index is 12.6. The Kier molecular flexibility index (Phi) is 4.37. The second kappa shape index (κ2) is 6.48. The molecule has 1 saturated heterocycles. The van der Waals surface area contributed by atoms with Crippen LogP contribution in [0.25, 0.3) is 0 Å². The minimum Gasteiger partial charge on any atom is -0.351 e. The van der Waals surface area contributed by atoms with Crippen LogP contribution >= 0.6 is 0 Å². The van der Waals surface area contributed by atoms with Crippen LogP contribution in [-0.4, -0.2) is 34.6 Å². The van der Waals surface area contributed by atoms with Gasteiger partial charge in [-0.15, -0.1) is 0 Å². The fourth-order valence-electron chi connectivity index (χ4n) is 2.85. The van der Waals surface area contributed by atoms with E-state index in [0.717, 1.165) is 16.5 Å². The van der Waals surface area contributed by atoms with Gasteiger partial charge in [0.1, 0.15) is 11.7 Å². The van der Waals surface area contributed by atoms with E-state index >= 15 is 0 Å². The lowest BCUT2D eigenvalue weighted by Gasteiger charge is -2.28. The monoisotopic (exact) mass is 342 g/mol. The molecule has 3 rings (SSSR count). The highest BCUT2D eigenvalue weighted by Gasteiger charge is 2.42. The summed E-state index contributed by atoms with van der Waals surface area (Å²) in [5, 5.41) is 5.05. The summed E-state index contributed by atoms with van der Waals surface area (Å²) in [6, 6.07) is 6.06. The zero-order valence-electron chi connectivity index (χ0n) is 13.6. The first-order chi connectivity index (χ1) is 11.9. The minimum absolute atomic E-state index is 0.0801. The number of carbonyl (C=O) groups is 4. The van der Waals surface area contributed by atoms with Crippen molar-refractivity contribution in [2.75, 3.05) is 5.32 Å². The standard InChI is InChI=1S/C17H18N4O4/c1-9(18)10-3-2-4-11(7-10)19-12-8-15(23)21(17(12)25)13-5-6-14(22)20-16(13)24/h2-4,7-9,13,19H,5-6,18H2,1H3,(H,20,22,24). The maximum absolute atomic E-state index is 12.6. The van der Waals surface area contributed by atoms with E-state index in [1.54, 1.807) is 18.2 Å². The third kappa shape index (κ3) is 3.29. The molecule has 130 valence electrons. The van der Waals surface area contributed by atoms with Crippen LogP contribution in [0, 0.1) is 0 Å². The number of carbonyl (C=O) groups excluding carboxylic acids is 4. The van der Waals surface area contributed by atoms with Gasteiger partial charge in [-0.3, -0.25) is 29.4 Å². The first-order valence-corrected chi connectivity index (χ1v) is 7.92. The zero-order chi connectivity index (χ0) is 18.1. The molecule has 1 fully saturated rings. The SMILES string of the molecule is CC(N)c1cccc(NC2=CC(=O)N(C3CCC(=O)NC3=O)C2=O)c1. The summed E-state index contributed by atoms with van der Waals surface area (Å²) in [5.74, 6) is -2.21. The number of nitrogens with two attached hydrogens (primary N) is 1. The number of nitrogens with zero attached hydrogens (tertiary/aromatic N) is 1. The molecular formula is C17H18N4O4. The van der Waals surface area contributed by atoms with Crippen LogP contribution in [0.4, 0.5) is 5.69 Å². The Morgan fingerprint density at radius 2 is 2.04 bits per heavy atom. The Balaban J connectivity index is 1.77. The van der Waals surface area contributed by atoms with Crippen LogP contribution in [0.5, 0.6) is 0 Å². The van der Waals surface area contributed by atoms with Crippen molar-refractivity contribution in [3.63, 3.8) is 0 Å². The predicted octanol–water partition coefficient (Wildman–Crippen LogP) is 0.176. The zero-order valence-corrected chi connectivity index (χ0v) is 13.6. The van der Waals surface area contributed by atoms with Gasteiger partial charge in [0, 0.05) is 24.2 Å². The first-order valence-electron chi connectivity index (χ1n) is 7.92. The second-order valence-electron chi connectivity index (χ2n) is 6.08. The molecule has 0 bridgehead atoms. The van der Waals surface area contributed by atoms with Crippen LogP contribution in [0.2, 0.25) is 0 Å². The number of hydrogen-bond acceptors (Lipinski definition) is 6. The van der Waals surface area contributed by atoms with Crippen molar-refractivity contribution >= 4 is 29.3 Å². The van der Waals surface area contributed by atoms with Gasteiger partial charge in [0.2, 0.25) is 11.8 Å². The maximum Gasteiger partial charge on any atom is 0.278 e. The highest BCUT2D eigenvalue weighted by Crippen LogP contribution is 2.23. The molecule has 2 aliphatic heterocycles. The number of amides is 4. The van der Waals surface area contributed by atoms with Crippen LogP contribution < -0.4 is 16.4 Å². The Hall–Kier alpha value is -3.00. The molecule has 8 heteroatoms. The molecule has 2 heterocycles. The molecule has 0 aromatic heterocycles. The Morgan fingerprint density at radius 1 is 1.28 bits per heavy atom. The van der Waals surface area contributed by atoms with Crippen molar-refractivity contribution in [2.45, 2.75) is 31.8 Å². The third-order valence-corrected chi connectivity index (χ3v) is 4.17. The van der Waals surface area contributed by atoms with Crippen LogP contribution in [0.15, 0.2) is 36.0 Å². The molecule has 8 nitrogen and oxygen atoms in total. The van der Waals surface area contributed by atoms with Crippen molar-refractivity contribution in [3.05, 3.63) is 41.6 Å². The van der Waals surface area contributed by atoms with Crippen molar-refractivity contribution < 1.29 is 19.2 Å². The van der Waals surface area contributed by atoms with E-state index in [9.17, 15) is 19.2 Å². The summed E-state index contributed by atoms with van der Waals surface area (Å²) in [6.45, 7) is 1.84. The van der Waals surface area contributed by atoms with Gasteiger partial charge in [0.05, 0.1) is 0 Å². The molecule has 0 spiro atoms. The van der Waals surface area contributed by atoms with Gasteiger partial charge >= 0.3 is 0 Å². The number of rotatable bonds is 4. The van der Waals surface area contributed by atoms with E-state index in [-0.39, 0.29) is 24.6 Å². The average Bonchev–Trinajstić information content (AvgIpc) is 2.82. The van der Waals surface area contributed by atoms with E-state index in [2.05, 4.69) is 10.6 Å². The second-order valence-corrected chi connectivity index (χ2v) is 6.08. The van der Waals surface area contributed by atoms with Gasteiger partial charge in [0.15, 0.2) is 0 Å². The quantitative estimate of drug-likeness (QED) is 0.671. The highest BCUT2D eigenvalue weighted by molar-refractivity contribution is 6.20. The molecule has 1 aromatic rings. The smallest absolute Gasteiger partial charge is 0.278 e. The number of benzene rings is 1. The molecule has 0 radical (unpaired) electrons. The number of nitrogens with one attached hydrogen (secondary N) is 2. The van der Waals surface area contributed by atoms with E-state index in [1.807, 2.05) is 13.0 Å². The molecule has 25 heavy (non-hydrogen) atoms. The van der Waals surface area contributed by atoms with Gasteiger partial charge in [-0.25, -0.2) is 0 Å². The van der Waals surface area contributed by atoms with Crippen molar-refractivity contribution in [2.24, 2.45) is 5.73 Å². The first kappa shape index (κ1) is 16.8. The van der Waals surface area contributed by atoms with Crippen LogP contribution in [0.3, 0.4) is 0 Å². The lowest BCUT2D eigenvalue weighted by Crippen LogP contribution is -2.54. The van der Waals surface area contributed by atoms with Crippen molar-refractivity contribution in [1.29, 1.82) is 0 Å². The lowest BCUT2D eigenvalue weighted by molar-refractivity contribution is -0.149. The minimum atomic E-state index is -0.969. The van der Waals surface area contributed by atoms with Gasteiger partial charge in [0.25, 0.3) is 11.8 Å². The van der Waals surface area contributed by atoms with Crippen LogP contribution in [0.1, 0.15) is 31.4 Å². The fourth-order valence-corrected chi connectivity index (χ4v) is 2.85. The fraction of sp³-hybridized carbons (Fsp3) is 0.294. The van der Waals surface area contributed by atoms with E-state index in [4.69, 9.17) is 5.73 Å². The molecule has 4 N–H and O–H groups in total. The summed E-state index contributed by atoms with van der Waals surface area (Å²) < 4.78 is 0. The Bertz CT molecular complexity index is 800. The highest BCUT2D eigenvalue weighted by atomic mass is 16.2. The van der Waals surface area contributed by atoms with Gasteiger partial charge in [-0.2, -0.15) is 0 Å². The largest absolute Gasteiger partial charge is 0.351 e. The Labute approximate surface area is 144 Å². The van der Waals surface area contributed by atoms with Crippen LogP contribution in [-0.2, 0) is 19.2 Å². The Morgan fingerprint density at radius 3 is 2.72 bits per heavy atom. The topological polar surface area (TPSA) is 122 Å². The van der Waals surface area contributed by atoms with Gasteiger partial charge < -0.3 is 11.1 Å². The average molecular weight is 342 g/mol. The molecule has 0 saturated carbocycles. The summed E-state index contributed by atoms with van der Waals surface area (Å²) in [4.78, 5) is 48.8. The lowest BCUT2D eigenvalue weighted by atomic mass is 10.0. The predicted molar refractivity (Wildman–Crippen MR) is 88.8 cm³/mol. The number of piperidine rings is 1. The molecule has 1 aromatic carbocycles. The summed E-state index contributed by atoms with van der Waals surface area (Å²) >= 11 is 0. The number of imide groups is 2. The summed E-state index contributed by atoms with van der Waals surface area (Å²) in [5.41, 5.74) is 7.42. The van der Waals surface area contributed by atoms with E-state index in [0.29, 0.717) is 5.69 Å². The third-order valence-electron chi connectivity index (χ3n) is 4.17. The van der Waals surface area contributed by atoms with Gasteiger partial charge in [-0.1, -0.05) is 12.1 Å². The molecular weight excluding hydrogens is 324 g/mol. The van der Waals surface area contributed by atoms with E-state index in [1.165, 1.54) is 0 Å².